The predicted octanol–water partition coefficient (Wildman–Crippen LogP) is -0.639. The zero-order chi connectivity index (χ0) is 10.9. The van der Waals surface area contributed by atoms with E-state index in [-0.39, 0.29) is 12.0 Å². The highest BCUT2D eigenvalue weighted by Gasteiger charge is 2.32. The van der Waals surface area contributed by atoms with Crippen molar-refractivity contribution in [2.45, 2.75) is 19.4 Å². The maximum atomic E-state index is 11.1. The van der Waals surface area contributed by atoms with Crippen molar-refractivity contribution in [1.82, 2.24) is 5.32 Å². The second-order valence-corrected chi connectivity index (χ2v) is 2.95. The van der Waals surface area contributed by atoms with Crippen molar-refractivity contribution in [3.05, 3.63) is 11.3 Å². The van der Waals surface area contributed by atoms with Gasteiger partial charge in [0.15, 0.2) is 5.78 Å². The minimum Gasteiger partial charge on any atom is -0.511 e. The number of rotatable bonds is 2. The largest absolute Gasteiger partial charge is 0.511 e. The molecule has 0 saturated heterocycles. The fourth-order valence-electron chi connectivity index (χ4n) is 1.22. The molecule has 1 rings (SSSR count). The Morgan fingerprint density at radius 1 is 1.50 bits per heavy atom. The molecule has 0 aromatic rings. The Hall–Kier alpha value is -1.85. The summed E-state index contributed by atoms with van der Waals surface area (Å²) in [5, 5.41) is 19.9. The number of aliphatic hydroxyl groups excluding tert-OH is 1. The molecule has 0 aliphatic carbocycles. The third kappa shape index (κ3) is 1.73. The van der Waals surface area contributed by atoms with E-state index in [1.807, 2.05) is 0 Å². The SMILES string of the molecule is CC(=O)C1=C(O)CC(C(=O)O)NC1=O. The summed E-state index contributed by atoms with van der Waals surface area (Å²) in [5.41, 5.74) is -0.359. The first kappa shape index (κ1) is 10.2. The van der Waals surface area contributed by atoms with Crippen LogP contribution in [0.1, 0.15) is 13.3 Å². The van der Waals surface area contributed by atoms with Gasteiger partial charge < -0.3 is 15.5 Å². The number of hydrogen-bond acceptors (Lipinski definition) is 4. The molecule has 3 N–H and O–H groups in total. The summed E-state index contributed by atoms with van der Waals surface area (Å²) >= 11 is 0. The van der Waals surface area contributed by atoms with Crippen molar-refractivity contribution in [3.8, 4) is 0 Å². The van der Waals surface area contributed by atoms with Crippen molar-refractivity contribution in [1.29, 1.82) is 0 Å². The summed E-state index contributed by atoms with van der Waals surface area (Å²) in [4.78, 5) is 32.5. The lowest BCUT2D eigenvalue weighted by Crippen LogP contribution is -2.46. The normalized spacial score (nSPS) is 21.8. The number of carbonyl (C=O) groups is 3. The van der Waals surface area contributed by atoms with Gasteiger partial charge >= 0.3 is 5.97 Å². The molecule has 1 heterocycles. The van der Waals surface area contributed by atoms with Crippen LogP contribution in [0.25, 0.3) is 0 Å². The average Bonchev–Trinajstić information content (AvgIpc) is 2.01. The van der Waals surface area contributed by atoms with E-state index in [1.165, 1.54) is 0 Å². The monoisotopic (exact) mass is 199 g/mol. The molecule has 1 unspecified atom stereocenters. The number of aliphatic hydroxyl groups is 1. The number of Topliss-reactive ketones (excluding diaryl/α,β-unsaturated/α-hetero) is 1. The van der Waals surface area contributed by atoms with Crippen LogP contribution in [0.15, 0.2) is 11.3 Å². The summed E-state index contributed by atoms with van der Waals surface area (Å²) < 4.78 is 0. The van der Waals surface area contributed by atoms with Gasteiger partial charge in [0, 0.05) is 6.42 Å². The zero-order valence-corrected chi connectivity index (χ0v) is 7.40. The van der Waals surface area contributed by atoms with E-state index in [1.54, 1.807) is 0 Å². The van der Waals surface area contributed by atoms with Gasteiger partial charge in [-0.05, 0) is 6.92 Å². The highest BCUT2D eigenvalue weighted by atomic mass is 16.4. The smallest absolute Gasteiger partial charge is 0.326 e. The van der Waals surface area contributed by atoms with Crippen LogP contribution in [0.4, 0.5) is 0 Å². The molecule has 1 aliphatic rings. The number of carboxylic acids is 1. The molecular weight excluding hydrogens is 190 g/mol. The fraction of sp³-hybridized carbons (Fsp3) is 0.375. The van der Waals surface area contributed by atoms with Gasteiger partial charge in [0.2, 0.25) is 0 Å². The van der Waals surface area contributed by atoms with Crippen LogP contribution < -0.4 is 5.32 Å². The molecule has 1 amide bonds. The van der Waals surface area contributed by atoms with Gasteiger partial charge in [0.1, 0.15) is 17.4 Å². The number of carbonyl (C=O) groups excluding carboxylic acids is 2. The maximum Gasteiger partial charge on any atom is 0.326 e. The van der Waals surface area contributed by atoms with Gasteiger partial charge in [-0.3, -0.25) is 9.59 Å². The van der Waals surface area contributed by atoms with Gasteiger partial charge in [-0.25, -0.2) is 4.79 Å². The van der Waals surface area contributed by atoms with E-state index in [4.69, 9.17) is 5.11 Å². The topological polar surface area (TPSA) is 104 Å². The van der Waals surface area contributed by atoms with E-state index >= 15 is 0 Å². The zero-order valence-electron chi connectivity index (χ0n) is 7.40. The quantitative estimate of drug-likeness (QED) is 0.513. The highest BCUT2D eigenvalue weighted by molar-refractivity contribution is 6.20. The summed E-state index contributed by atoms with van der Waals surface area (Å²) in [7, 11) is 0. The summed E-state index contributed by atoms with van der Waals surface area (Å²) in [6, 6.07) is -1.16. The van der Waals surface area contributed by atoms with E-state index in [2.05, 4.69) is 5.32 Å². The lowest BCUT2D eigenvalue weighted by atomic mass is 10.00. The first-order chi connectivity index (χ1) is 6.43. The fourth-order valence-corrected chi connectivity index (χ4v) is 1.22. The van der Waals surface area contributed by atoms with Gasteiger partial charge in [-0.1, -0.05) is 0 Å². The van der Waals surface area contributed by atoms with E-state index in [9.17, 15) is 19.5 Å². The standard InChI is InChI=1S/C8H9NO5/c1-3(10)6-5(11)2-4(8(13)14)9-7(6)12/h4,11H,2H2,1H3,(H,9,12)(H,13,14). The van der Waals surface area contributed by atoms with Gasteiger partial charge in [0.05, 0.1) is 0 Å². The van der Waals surface area contributed by atoms with Crippen LogP contribution in [0, 0.1) is 0 Å². The summed E-state index contributed by atoms with van der Waals surface area (Å²) in [6.45, 7) is 1.13. The van der Waals surface area contributed by atoms with Crippen LogP contribution in [0.2, 0.25) is 0 Å². The Bertz CT molecular complexity index is 344. The molecule has 14 heavy (non-hydrogen) atoms. The van der Waals surface area contributed by atoms with E-state index in [0.717, 1.165) is 6.92 Å². The third-order valence-electron chi connectivity index (χ3n) is 1.87. The number of nitrogens with one attached hydrogen (secondary N) is 1. The van der Waals surface area contributed by atoms with Gasteiger partial charge in [0.25, 0.3) is 5.91 Å². The Balaban J connectivity index is 3.00. The third-order valence-corrected chi connectivity index (χ3v) is 1.87. The Morgan fingerprint density at radius 2 is 2.07 bits per heavy atom. The van der Waals surface area contributed by atoms with Crippen LogP contribution >= 0.6 is 0 Å². The molecular formula is C8H9NO5. The Morgan fingerprint density at radius 3 is 2.43 bits per heavy atom. The first-order valence-electron chi connectivity index (χ1n) is 3.90. The molecule has 0 aromatic heterocycles. The first-order valence-corrected chi connectivity index (χ1v) is 3.90. The minimum atomic E-state index is -1.24. The van der Waals surface area contributed by atoms with Gasteiger partial charge in [-0.2, -0.15) is 0 Å². The molecule has 0 aromatic carbocycles. The van der Waals surface area contributed by atoms with E-state index < -0.39 is 29.5 Å². The second-order valence-electron chi connectivity index (χ2n) is 2.95. The average molecular weight is 199 g/mol. The molecule has 0 radical (unpaired) electrons. The van der Waals surface area contributed by atoms with Crippen LogP contribution in [0.3, 0.4) is 0 Å². The van der Waals surface area contributed by atoms with Crippen molar-refractivity contribution >= 4 is 17.7 Å². The number of hydrogen-bond donors (Lipinski definition) is 3. The highest BCUT2D eigenvalue weighted by Crippen LogP contribution is 2.15. The number of aliphatic carboxylic acids is 1. The summed E-state index contributed by atoms with van der Waals surface area (Å²) in [5.74, 6) is -3.13. The summed E-state index contributed by atoms with van der Waals surface area (Å²) in [6.07, 6.45) is -0.254. The van der Waals surface area contributed by atoms with Gasteiger partial charge in [-0.15, -0.1) is 0 Å². The van der Waals surface area contributed by atoms with Crippen molar-refractivity contribution in [2.75, 3.05) is 0 Å². The molecule has 1 aliphatic heterocycles. The second kappa shape index (κ2) is 3.49. The molecule has 76 valence electrons. The van der Waals surface area contributed by atoms with Crippen molar-refractivity contribution in [3.63, 3.8) is 0 Å². The molecule has 0 fully saturated rings. The van der Waals surface area contributed by atoms with Crippen molar-refractivity contribution in [2.24, 2.45) is 0 Å². The number of ketones is 1. The van der Waals surface area contributed by atoms with Crippen LogP contribution in [-0.4, -0.2) is 33.9 Å². The van der Waals surface area contributed by atoms with Crippen LogP contribution in [0.5, 0.6) is 0 Å². The lowest BCUT2D eigenvalue weighted by molar-refractivity contribution is -0.142. The number of amides is 1. The Kier molecular flexibility index (Phi) is 2.55. The van der Waals surface area contributed by atoms with E-state index in [0.29, 0.717) is 0 Å². The molecule has 6 nitrogen and oxygen atoms in total. The molecule has 0 bridgehead atoms. The molecule has 0 saturated carbocycles. The molecule has 6 heteroatoms. The predicted molar refractivity (Wildman–Crippen MR) is 44.5 cm³/mol. The maximum absolute atomic E-state index is 11.1. The van der Waals surface area contributed by atoms with Crippen LogP contribution in [-0.2, 0) is 14.4 Å². The Labute approximate surface area is 79.2 Å². The molecule has 1 atom stereocenters. The molecule has 0 spiro atoms. The lowest BCUT2D eigenvalue weighted by Gasteiger charge is -2.20. The van der Waals surface area contributed by atoms with Crippen molar-refractivity contribution < 1.29 is 24.6 Å². The minimum absolute atomic E-state index is 0.254. The number of carboxylic acid groups (broad SMARTS) is 1.